The molecule has 0 N–H and O–H groups in total. The average molecular weight is 477 g/mol. The lowest BCUT2D eigenvalue weighted by Crippen LogP contribution is -2.35. The number of benzene rings is 3. The highest BCUT2D eigenvalue weighted by atomic mass is 35.5. The molecule has 0 atom stereocenters. The molecule has 1 fully saturated rings. The van der Waals surface area contributed by atoms with Gasteiger partial charge in [-0.15, -0.1) is 0 Å². The molecule has 6 nitrogen and oxygen atoms in total. The Morgan fingerprint density at radius 3 is 2.62 bits per heavy atom. The second kappa shape index (κ2) is 9.65. The number of hydrogen-bond acceptors (Lipinski definition) is 5. The van der Waals surface area contributed by atoms with Crippen LogP contribution in [0.5, 0.6) is 11.6 Å². The van der Waals surface area contributed by atoms with Crippen molar-refractivity contribution in [3.8, 4) is 11.6 Å². The quantitative estimate of drug-likeness (QED) is 0.385. The lowest BCUT2D eigenvalue weighted by molar-refractivity contribution is 0.0767. The predicted molar refractivity (Wildman–Crippen MR) is 130 cm³/mol. The Morgan fingerprint density at radius 1 is 0.912 bits per heavy atom. The highest BCUT2D eigenvalue weighted by molar-refractivity contribution is 6.30. The van der Waals surface area contributed by atoms with E-state index in [-0.39, 0.29) is 10.9 Å². The third-order valence-electron chi connectivity index (χ3n) is 5.84. The Hall–Kier alpha value is -3.71. The zero-order chi connectivity index (χ0) is 23.5. The topological polar surface area (TPSA) is 58.6 Å². The van der Waals surface area contributed by atoms with Crippen LogP contribution in [-0.2, 0) is 0 Å². The number of halogens is 2. The summed E-state index contributed by atoms with van der Waals surface area (Å²) in [5, 5.41) is 2.15. The Balaban J connectivity index is 1.27. The smallest absolute Gasteiger partial charge is 0.253 e. The van der Waals surface area contributed by atoms with Crippen molar-refractivity contribution in [3.05, 3.63) is 89.5 Å². The minimum Gasteiger partial charge on any atom is -0.439 e. The van der Waals surface area contributed by atoms with Gasteiger partial charge in [-0.25, -0.2) is 14.4 Å². The number of hydrogen-bond donors (Lipinski definition) is 0. The summed E-state index contributed by atoms with van der Waals surface area (Å²) < 4.78 is 19.1. The van der Waals surface area contributed by atoms with Crippen LogP contribution in [0.15, 0.2) is 73.1 Å². The maximum absolute atomic E-state index is 13.4. The number of ether oxygens (including phenoxy) is 1. The maximum Gasteiger partial charge on any atom is 0.253 e. The third kappa shape index (κ3) is 4.79. The highest BCUT2D eigenvalue weighted by Crippen LogP contribution is 2.27. The summed E-state index contributed by atoms with van der Waals surface area (Å²) in [5.74, 6) is 0.954. The van der Waals surface area contributed by atoms with Gasteiger partial charge >= 0.3 is 0 Å². The second-order valence-corrected chi connectivity index (χ2v) is 8.49. The van der Waals surface area contributed by atoms with Crippen LogP contribution in [-0.4, -0.2) is 47.0 Å². The predicted octanol–water partition coefficient (Wildman–Crippen LogP) is 5.57. The molecule has 1 aromatic heterocycles. The number of carbonyl (C=O) groups excluding carboxylic acids is 1. The molecular formula is C26H22ClFN4O2. The lowest BCUT2D eigenvalue weighted by atomic mass is 10.1. The molecule has 0 spiro atoms. The molecule has 0 saturated carbocycles. The molecule has 1 saturated heterocycles. The van der Waals surface area contributed by atoms with E-state index in [1.807, 2.05) is 47.4 Å². The summed E-state index contributed by atoms with van der Waals surface area (Å²) in [6, 6.07) is 19.7. The Bertz CT molecular complexity index is 1350. The lowest BCUT2D eigenvalue weighted by Gasteiger charge is -2.23. The van der Waals surface area contributed by atoms with Crippen LogP contribution in [0.4, 0.5) is 10.2 Å². The molecule has 5 rings (SSSR count). The summed E-state index contributed by atoms with van der Waals surface area (Å²) in [7, 11) is 0. The summed E-state index contributed by atoms with van der Waals surface area (Å²) in [6.07, 6.45) is 2.24. The van der Waals surface area contributed by atoms with Gasteiger partial charge in [-0.1, -0.05) is 41.9 Å². The van der Waals surface area contributed by atoms with Crippen LogP contribution >= 0.6 is 11.6 Å². The van der Waals surface area contributed by atoms with E-state index in [9.17, 15) is 9.18 Å². The van der Waals surface area contributed by atoms with Gasteiger partial charge in [0, 0.05) is 43.9 Å². The van der Waals surface area contributed by atoms with E-state index in [0.29, 0.717) is 42.6 Å². The maximum atomic E-state index is 13.4. The molecule has 1 aliphatic rings. The molecule has 4 aromatic rings. The van der Waals surface area contributed by atoms with Crippen LogP contribution in [0.3, 0.4) is 0 Å². The fraction of sp³-hybridized carbons (Fsp3) is 0.192. The minimum atomic E-state index is -0.509. The monoisotopic (exact) mass is 476 g/mol. The Labute approximate surface area is 201 Å². The minimum absolute atomic E-state index is 0.0181. The molecular weight excluding hydrogens is 455 g/mol. The third-order valence-corrected chi connectivity index (χ3v) is 6.13. The zero-order valence-electron chi connectivity index (χ0n) is 18.3. The number of carbonyl (C=O) groups is 1. The van der Waals surface area contributed by atoms with Crippen molar-refractivity contribution in [2.24, 2.45) is 0 Å². The standard InChI is InChI=1S/C26H22ClFN4O2/c27-22-15-21(8-9-23(22)28)34-25-16-24(29-17-30-25)31-10-3-11-32(13-12-31)26(33)20-7-6-18-4-1-2-5-19(18)14-20/h1-2,4-9,14-17H,3,10-13H2. The molecule has 0 unspecified atom stereocenters. The van der Waals surface area contributed by atoms with E-state index in [1.165, 1.54) is 24.5 Å². The molecule has 0 radical (unpaired) electrons. The van der Waals surface area contributed by atoms with Gasteiger partial charge < -0.3 is 14.5 Å². The summed E-state index contributed by atoms with van der Waals surface area (Å²) in [6.45, 7) is 2.64. The molecule has 0 aliphatic carbocycles. The molecule has 1 aliphatic heterocycles. The number of nitrogens with zero attached hydrogens (tertiary/aromatic N) is 4. The molecule has 3 aromatic carbocycles. The second-order valence-electron chi connectivity index (χ2n) is 8.09. The normalized spacial score (nSPS) is 14.2. The highest BCUT2D eigenvalue weighted by Gasteiger charge is 2.21. The van der Waals surface area contributed by atoms with Gasteiger partial charge in [0.2, 0.25) is 5.88 Å². The van der Waals surface area contributed by atoms with Gasteiger partial charge in [-0.05, 0) is 41.5 Å². The van der Waals surface area contributed by atoms with Crippen molar-refractivity contribution in [1.82, 2.24) is 14.9 Å². The number of aromatic nitrogens is 2. The fourth-order valence-electron chi connectivity index (χ4n) is 4.07. The number of fused-ring (bicyclic) bond motifs is 1. The van der Waals surface area contributed by atoms with Crippen molar-refractivity contribution in [1.29, 1.82) is 0 Å². The van der Waals surface area contributed by atoms with E-state index >= 15 is 0 Å². The van der Waals surface area contributed by atoms with Crippen molar-refractivity contribution in [2.75, 3.05) is 31.1 Å². The Morgan fingerprint density at radius 2 is 1.76 bits per heavy atom. The molecule has 8 heteroatoms. The van der Waals surface area contributed by atoms with Crippen LogP contribution in [0, 0.1) is 5.82 Å². The average Bonchev–Trinajstić information content (AvgIpc) is 3.12. The van der Waals surface area contributed by atoms with Gasteiger partial charge in [-0.3, -0.25) is 4.79 Å². The molecule has 2 heterocycles. The van der Waals surface area contributed by atoms with Gasteiger partial charge in [0.1, 0.15) is 23.7 Å². The van der Waals surface area contributed by atoms with Crippen molar-refractivity contribution in [2.45, 2.75) is 6.42 Å². The first-order valence-corrected chi connectivity index (χ1v) is 11.4. The van der Waals surface area contributed by atoms with Gasteiger partial charge in [0.25, 0.3) is 5.91 Å². The molecule has 0 bridgehead atoms. The summed E-state index contributed by atoms with van der Waals surface area (Å²) in [5.41, 5.74) is 0.697. The van der Waals surface area contributed by atoms with Crippen molar-refractivity contribution < 1.29 is 13.9 Å². The van der Waals surface area contributed by atoms with E-state index in [4.69, 9.17) is 16.3 Å². The number of anilines is 1. The van der Waals surface area contributed by atoms with Gasteiger partial charge in [0.15, 0.2) is 0 Å². The number of amides is 1. The molecule has 172 valence electrons. The molecule has 34 heavy (non-hydrogen) atoms. The first-order chi connectivity index (χ1) is 16.6. The van der Waals surface area contributed by atoms with E-state index in [2.05, 4.69) is 14.9 Å². The van der Waals surface area contributed by atoms with E-state index < -0.39 is 5.82 Å². The Kier molecular flexibility index (Phi) is 6.27. The first-order valence-electron chi connectivity index (χ1n) is 11.0. The largest absolute Gasteiger partial charge is 0.439 e. The van der Waals surface area contributed by atoms with Crippen LogP contribution < -0.4 is 9.64 Å². The van der Waals surface area contributed by atoms with Crippen molar-refractivity contribution >= 4 is 34.1 Å². The van der Waals surface area contributed by atoms with Crippen LogP contribution in [0.1, 0.15) is 16.8 Å². The molecule has 1 amide bonds. The van der Waals surface area contributed by atoms with Gasteiger partial charge in [-0.2, -0.15) is 0 Å². The van der Waals surface area contributed by atoms with E-state index in [0.717, 1.165) is 23.7 Å². The SMILES string of the molecule is O=C(c1ccc2ccccc2c1)N1CCCN(c2cc(Oc3ccc(F)c(Cl)c3)ncn2)CC1. The number of rotatable bonds is 4. The summed E-state index contributed by atoms with van der Waals surface area (Å²) >= 11 is 5.84. The fourth-order valence-corrected chi connectivity index (χ4v) is 4.24. The zero-order valence-corrected chi connectivity index (χ0v) is 19.1. The van der Waals surface area contributed by atoms with Gasteiger partial charge in [0.05, 0.1) is 5.02 Å². The summed E-state index contributed by atoms with van der Waals surface area (Å²) in [4.78, 5) is 25.7. The van der Waals surface area contributed by atoms with Crippen LogP contribution in [0.25, 0.3) is 10.8 Å². The van der Waals surface area contributed by atoms with Crippen LogP contribution in [0.2, 0.25) is 5.02 Å². The van der Waals surface area contributed by atoms with E-state index in [1.54, 1.807) is 6.07 Å². The van der Waals surface area contributed by atoms with Crippen molar-refractivity contribution in [3.63, 3.8) is 0 Å². The first kappa shape index (κ1) is 22.1.